The molecular weight excluding hydrogens is 96.1 g/mol. The first-order valence-electron chi connectivity index (χ1n) is 3.92. The van der Waals surface area contributed by atoms with Crippen LogP contribution in [0.3, 0.4) is 0 Å². The Morgan fingerprint density at radius 3 is 2.12 bits per heavy atom. The third-order valence-electron chi connectivity index (χ3n) is 3.66. The van der Waals surface area contributed by atoms with Crippen molar-refractivity contribution in [1.82, 2.24) is 0 Å². The van der Waals surface area contributed by atoms with E-state index < -0.39 is 0 Å². The van der Waals surface area contributed by atoms with Crippen molar-refractivity contribution in [3.05, 3.63) is 0 Å². The van der Waals surface area contributed by atoms with E-state index in [4.69, 9.17) is 0 Å². The molecule has 0 aromatic carbocycles. The summed E-state index contributed by atoms with van der Waals surface area (Å²) in [4.78, 5) is 0. The zero-order valence-corrected chi connectivity index (χ0v) is 5.19. The third-order valence-corrected chi connectivity index (χ3v) is 3.66. The Bertz CT molecular complexity index is 117. The monoisotopic (exact) mass is 108 g/mol. The van der Waals surface area contributed by atoms with Crippen LogP contribution in [0.15, 0.2) is 0 Å². The van der Waals surface area contributed by atoms with Gasteiger partial charge < -0.3 is 0 Å². The quantitative estimate of drug-likeness (QED) is 0.446. The molecule has 0 radical (unpaired) electrons. The van der Waals surface area contributed by atoms with E-state index in [2.05, 4.69) is 0 Å². The van der Waals surface area contributed by atoms with Crippen LogP contribution < -0.4 is 0 Å². The smallest absolute Gasteiger partial charge is 0.0235 e. The van der Waals surface area contributed by atoms with Gasteiger partial charge in [-0.05, 0) is 42.9 Å². The van der Waals surface area contributed by atoms with Crippen LogP contribution in [0.4, 0.5) is 0 Å². The topological polar surface area (TPSA) is 0 Å². The summed E-state index contributed by atoms with van der Waals surface area (Å²) in [5.74, 6) is 2.45. The normalized spacial score (nSPS) is 66.0. The highest BCUT2D eigenvalue weighted by molar-refractivity contribution is 5.19. The molecule has 0 bridgehead atoms. The zero-order valence-electron chi connectivity index (χ0n) is 5.19. The Morgan fingerprint density at radius 2 is 1.62 bits per heavy atom. The maximum absolute atomic E-state index is 1.62. The van der Waals surface area contributed by atoms with E-state index in [1.54, 1.807) is 32.1 Å². The molecule has 0 aliphatic heterocycles. The lowest BCUT2D eigenvalue weighted by atomic mass is 10.0. The van der Waals surface area contributed by atoms with Crippen LogP contribution in [0.2, 0.25) is 0 Å². The average molecular weight is 108 g/mol. The second-order valence-electron chi connectivity index (χ2n) is 3.97. The lowest BCUT2D eigenvalue weighted by Crippen LogP contribution is -1.93. The first-order chi connectivity index (χ1) is 3.92. The first-order valence-corrected chi connectivity index (χ1v) is 3.92. The molecule has 44 valence electrons. The van der Waals surface area contributed by atoms with E-state index in [0.717, 1.165) is 5.41 Å². The van der Waals surface area contributed by atoms with Crippen LogP contribution in [-0.2, 0) is 0 Å². The SMILES string of the molecule is C1C[C@@H]2CC23C[C@H]3C1. The molecule has 8 heavy (non-hydrogen) atoms. The van der Waals surface area contributed by atoms with Crippen molar-refractivity contribution in [2.45, 2.75) is 32.1 Å². The van der Waals surface area contributed by atoms with Crippen molar-refractivity contribution in [2.75, 3.05) is 0 Å². The molecule has 0 heteroatoms. The van der Waals surface area contributed by atoms with Gasteiger partial charge in [0.15, 0.2) is 0 Å². The highest BCUT2D eigenvalue weighted by Gasteiger charge is 2.70. The van der Waals surface area contributed by atoms with Crippen molar-refractivity contribution < 1.29 is 0 Å². The molecule has 0 heterocycles. The van der Waals surface area contributed by atoms with Gasteiger partial charge in [0.2, 0.25) is 0 Å². The van der Waals surface area contributed by atoms with Crippen LogP contribution in [0.5, 0.6) is 0 Å². The van der Waals surface area contributed by atoms with Gasteiger partial charge >= 0.3 is 0 Å². The Labute approximate surface area is 50.3 Å². The minimum Gasteiger partial charge on any atom is -0.0527 e. The van der Waals surface area contributed by atoms with Crippen LogP contribution in [-0.4, -0.2) is 0 Å². The Hall–Kier alpha value is 0. The summed E-state index contributed by atoms with van der Waals surface area (Å²) in [6.45, 7) is 0. The second kappa shape index (κ2) is 0.872. The minimum absolute atomic E-state index is 1.01. The maximum atomic E-state index is 1.62. The summed E-state index contributed by atoms with van der Waals surface area (Å²) >= 11 is 0. The van der Waals surface area contributed by atoms with Crippen LogP contribution in [0.25, 0.3) is 0 Å². The van der Waals surface area contributed by atoms with Gasteiger partial charge in [-0.3, -0.25) is 0 Å². The summed E-state index contributed by atoms with van der Waals surface area (Å²) in [6.07, 6.45) is 7.96. The van der Waals surface area contributed by atoms with Crippen LogP contribution in [0.1, 0.15) is 32.1 Å². The second-order valence-corrected chi connectivity index (χ2v) is 3.97. The predicted molar refractivity (Wildman–Crippen MR) is 32.5 cm³/mol. The van der Waals surface area contributed by atoms with E-state index in [1.165, 1.54) is 11.8 Å². The molecule has 3 rings (SSSR count). The molecule has 0 aromatic heterocycles. The zero-order chi connectivity index (χ0) is 5.19. The molecule has 0 unspecified atom stereocenters. The van der Waals surface area contributed by atoms with Crippen molar-refractivity contribution in [3.63, 3.8) is 0 Å². The Balaban J connectivity index is 1.95. The van der Waals surface area contributed by atoms with E-state index in [0.29, 0.717) is 0 Å². The first kappa shape index (κ1) is 3.92. The lowest BCUT2D eigenvalue weighted by Gasteiger charge is -2.04. The molecule has 3 saturated carbocycles. The molecular formula is C8H12. The standard InChI is InChI=1S/C8H12/c1-2-6-4-8(6)5-7(8)3-1/h6-7H,1-5H2/t6-,7-,8?/m1/s1. The van der Waals surface area contributed by atoms with E-state index in [-0.39, 0.29) is 0 Å². The molecule has 0 aromatic rings. The van der Waals surface area contributed by atoms with E-state index >= 15 is 0 Å². The number of hydrogen-bond donors (Lipinski definition) is 0. The molecule has 1 spiro atoms. The molecule has 3 aliphatic carbocycles. The highest BCUT2D eigenvalue weighted by Crippen LogP contribution is 2.79. The Kier molecular flexibility index (Phi) is 0.427. The van der Waals surface area contributed by atoms with Gasteiger partial charge in [-0.15, -0.1) is 0 Å². The summed E-state index contributed by atoms with van der Waals surface area (Å²) in [5.41, 5.74) is 1.01. The molecule has 0 nitrogen and oxygen atoms in total. The maximum Gasteiger partial charge on any atom is -0.0235 e. The fraction of sp³-hybridized carbons (Fsp3) is 1.00. The van der Waals surface area contributed by atoms with Gasteiger partial charge in [0, 0.05) is 0 Å². The van der Waals surface area contributed by atoms with Crippen LogP contribution in [0, 0.1) is 17.3 Å². The average Bonchev–Trinajstić information content (AvgIpc) is 2.45. The number of rotatable bonds is 0. The summed E-state index contributed by atoms with van der Waals surface area (Å²) < 4.78 is 0. The van der Waals surface area contributed by atoms with E-state index in [9.17, 15) is 0 Å². The van der Waals surface area contributed by atoms with E-state index in [1.807, 2.05) is 0 Å². The molecule has 0 saturated heterocycles. The fourth-order valence-electron chi connectivity index (χ4n) is 2.94. The minimum atomic E-state index is 1.01. The van der Waals surface area contributed by atoms with Gasteiger partial charge in [0.1, 0.15) is 0 Å². The van der Waals surface area contributed by atoms with Crippen molar-refractivity contribution >= 4 is 0 Å². The van der Waals surface area contributed by atoms with Crippen molar-refractivity contribution in [1.29, 1.82) is 0 Å². The van der Waals surface area contributed by atoms with Gasteiger partial charge in [0.25, 0.3) is 0 Å². The van der Waals surface area contributed by atoms with Crippen molar-refractivity contribution in [3.8, 4) is 0 Å². The fourth-order valence-corrected chi connectivity index (χ4v) is 2.94. The molecule has 0 amide bonds. The van der Waals surface area contributed by atoms with Gasteiger partial charge in [0.05, 0.1) is 0 Å². The summed E-state index contributed by atoms with van der Waals surface area (Å²) in [5, 5.41) is 0. The van der Waals surface area contributed by atoms with Gasteiger partial charge in [-0.2, -0.15) is 0 Å². The molecule has 3 fully saturated rings. The van der Waals surface area contributed by atoms with Gasteiger partial charge in [-0.25, -0.2) is 0 Å². The summed E-state index contributed by atoms with van der Waals surface area (Å²) in [6, 6.07) is 0. The van der Waals surface area contributed by atoms with Crippen LogP contribution >= 0.6 is 0 Å². The predicted octanol–water partition coefficient (Wildman–Crippen LogP) is 2.20. The Morgan fingerprint density at radius 1 is 1.00 bits per heavy atom. The molecule has 3 aliphatic rings. The third kappa shape index (κ3) is 0.260. The van der Waals surface area contributed by atoms with Gasteiger partial charge in [-0.1, -0.05) is 6.42 Å². The number of hydrogen-bond acceptors (Lipinski definition) is 0. The van der Waals surface area contributed by atoms with Crippen molar-refractivity contribution in [2.24, 2.45) is 17.3 Å². The highest BCUT2D eigenvalue weighted by atomic mass is 14.7. The largest absolute Gasteiger partial charge is 0.0527 e. The summed E-state index contributed by atoms with van der Waals surface area (Å²) in [7, 11) is 0. The lowest BCUT2D eigenvalue weighted by molar-refractivity contribution is 0.468. The molecule has 0 N–H and O–H groups in total. The molecule has 2 atom stereocenters.